The molecule has 0 aliphatic heterocycles. The Kier molecular flexibility index (Phi) is 7.47. The van der Waals surface area contributed by atoms with E-state index in [1.54, 1.807) is 18.3 Å². The van der Waals surface area contributed by atoms with Crippen molar-refractivity contribution in [1.29, 1.82) is 0 Å². The van der Waals surface area contributed by atoms with Gasteiger partial charge < -0.3 is 30.6 Å². The van der Waals surface area contributed by atoms with Gasteiger partial charge in [0.1, 0.15) is 12.6 Å². The van der Waals surface area contributed by atoms with Crippen molar-refractivity contribution in [1.82, 2.24) is 15.6 Å². The molecule has 0 spiro atoms. The van der Waals surface area contributed by atoms with Gasteiger partial charge in [0.25, 0.3) is 0 Å². The highest BCUT2D eigenvalue weighted by Gasteiger charge is 2.30. The average molecular weight is 478 g/mol. The van der Waals surface area contributed by atoms with Crippen LogP contribution in [0.15, 0.2) is 66.9 Å². The fraction of sp³-hybridized carbons (Fsp3) is 0.269. The minimum atomic E-state index is -1.58. The van der Waals surface area contributed by atoms with Gasteiger partial charge >= 0.3 is 12.1 Å². The smallest absolute Gasteiger partial charge is 0.407 e. The number of benzene rings is 2. The first-order valence-electron chi connectivity index (χ1n) is 11.4. The number of carbonyl (C=O) groups excluding carboxylic acids is 2. The lowest BCUT2D eigenvalue weighted by Gasteiger charge is -2.20. The highest BCUT2D eigenvalue weighted by molar-refractivity contribution is 5.86. The third-order valence-corrected chi connectivity index (χ3v) is 6.04. The SMILES string of the molecule is O=C(NC(Cc1ccc[nH]1)C(=O)NCC[C@H](O)C(=O)O)OCC1c2ccccc2-c2ccccc21. The number of hydrogen-bond donors (Lipinski definition) is 5. The van der Waals surface area contributed by atoms with Gasteiger partial charge in [0, 0.05) is 37.2 Å². The van der Waals surface area contributed by atoms with Gasteiger partial charge in [-0.25, -0.2) is 9.59 Å². The molecule has 0 fully saturated rings. The van der Waals surface area contributed by atoms with Crippen LogP contribution in [0.2, 0.25) is 0 Å². The van der Waals surface area contributed by atoms with Crippen LogP contribution in [0.25, 0.3) is 11.1 Å². The van der Waals surface area contributed by atoms with Crippen molar-refractivity contribution in [3.63, 3.8) is 0 Å². The number of rotatable bonds is 10. The maximum absolute atomic E-state index is 12.7. The van der Waals surface area contributed by atoms with E-state index < -0.39 is 30.1 Å². The zero-order valence-corrected chi connectivity index (χ0v) is 18.9. The number of ether oxygens (including phenoxy) is 1. The number of nitrogens with one attached hydrogen (secondary N) is 3. The molecule has 0 saturated heterocycles. The first-order chi connectivity index (χ1) is 16.9. The summed E-state index contributed by atoms with van der Waals surface area (Å²) in [5, 5.41) is 23.4. The molecule has 0 bridgehead atoms. The van der Waals surface area contributed by atoms with Crippen LogP contribution in [0.3, 0.4) is 0 Å². The summed E-state index contributed by atoms with van der Waals surface area (Å²) in [6, 6.07) is 18.6. The fourth-order valence-electron chi connectivity index (χ4n) is 4.28. The van der Waals surface area contributed by atoms with E-state index in [1.165, 1.54) is 0 Å². The summed E-state index contributed by atoms with van der Waals surface area (Å²) in [6.07, 6.45) is -0.566. The quantitative estimate of drug-likeness (QED) is 0.304. The number of aliphatic hydroxyl groups excluding tert-OH is 1. The van der Waals surface area contributed by atoms with Crippen molar-refractivity contribution >= 4 is 18.0 Å². The number of carbonyl (C=O) groups is 3. The minimum absolute atomic E-state index is 0.0557. The zero-order valence-electron chi connectivity index (χ0n) is 18.9. The maximum atomic E-state index is 12.7. The fourth-order valence-corrected chi connectivity index (χ4v) is 4.28. The van der Waals surface area contributed by atoms with Gasteiger partial charge in [-0.05, 0) is 34.4 Å². The molecule has 4 rings (SSSR count). The first-order valence-corrected chi connectivity index (χ1v) is 11.4. The normalized spacial score (nSPS) is 13.9. The molecule has 182 valence electrons. The summed E-state index contributed by atoms with van der Waals surface area (Å²) in [6.45, 7) is 0.0569. The van der Waals surface area contributed by atoms with E-state index in [0.717, 1.165) is 27.9 Å². The minimum Gasteiger partial charge on any atom is -0.479 e. The predicted octanol–water partition coefficient (Wildman–Crippen LogP) is 2.42. The number of hydrogen-bond acceptors (Lipinski definition) is 5. The molecule has 9 nitrogen and oxygen atoms in total. The summed E-state index contributed by atoms with van der Waals surface area (Å²) < 4.78 is 5.56. The van der Waals surface area contributed by atoms with Gasteiger partial charge in [-0.2, -0.15) is 0 Å². The highest BCUT2D eigenvalue weighted by atomic mass is 16.5. The van der Waals surface area contributed by atoms with Gasteiger partial charge in [0.05, 0.1) is 0 Å². The predicted molar refractivity (Wildman–Crippen MR) is 128 cm³/mol. The second-order valence-corrected chi connectivity index (χ2v) is 8.36. The van der Waals surface area contributed by atoms with Gasteiger partial charge in [-0.3, -0.25) is 4.79 Å². The third-order valence-electron chi connectivity index (χ3n) is 6.04. The second kappa shape index (κ2) is 10.9. The monoisotopic (exact) mass is 477 g/mol. The third kappa shape index (κ3) is 5.70. The molecule has 1 unspecified atom stereocenters. The van der Waals surface area contributed by atoms with Crippen LogP contribution >= 0.6 is 0 Å². The summed E-state index contributed by atoms with van der Waals surface area (Å²) in [5.74, 6) is -1.98. The molecule has 1 aliphatic rings. The lowest BCUT2D eigenvalue weighted by molar-refractivity contribution is -0.147. The summed E-state index contributed by atoms with van der Waals surface area (Å²) in [4.78, 5) is 39.2. The van der Waals surface area contributed by atoms with Crippen molar-refractivity contribution < 1.29 is 29.3 Å². The topological polar surface area (TPSA) is 141 Å². The van der Waals surface area contributed by atoms with Crippen molar-refractivity contribution in [3.8, 4) is 11.1 Å². The van der Waals surface area contributed by atoms with Crippen LogP contribution in [0.4, 0.5) is 4.79 Å². The zero-order chi connectivity index (χ0) is 24.8. The Morgan fingerprint density at radius 3 is 2.23 bits per heavy atom. The van der Waals surface area contributed by atoms with Crippen molar-refractivity contribution in [3.05, 3.63) is 83.7 Å². The van der Waals surface area contributed by atoms with E-state index in [0.29, 0.717) is 0 Å². The molecule has 1 aromatic heterocycles. The Labute approximate surface area is 202 Å². The lowest BCUT2D eigenvalue weighted by atomic mass is 9.98. The van der Waals surface area contributed by atoms with Gasteiger partial charge in [-0.1, -0.05) is 48.5 Å². The van der Waals surface area contributed by atoms with Gasteiger partial charge in [-0.15, -0.1) is 0 Å². The number of alkyl carbamates (subject to hydrolysis) is 1. The number of aromatic nitrogens is 1. The highest BCUT2D eigenvalue weighted by Crippen LogP contribution is 2.44. The van der Waals surface area contributed by atoms with Crippen LogP contribution in [0.5, 0.6) is 0 Å². The second-order valence-electron chi connectivity index (χ2n) is 8.36. The average Bonchev–Trinajstić information content (AvgIpc) is 3.48. The van der Waals surface area contributed by atoms with Gasteiger partial charge in [0.2, 0.25) is 5.91 Å². The van der Waals surface area contributed by atoms with Crippen LogP contribution in [0, 0.1) is 0 Å². The molecule has 1 aliphatic carbocycles. The standard InChI is InChI=1S/C26H27N3O6/c30-23(25(32)33)11-13-28-24(31)22(14-16-6-5-12-27-16)29-26(34)35-15-21-19-9-3-1-7-17(19)18-8-2-4-10-20(18)21/h1-10,12,21-23,27,30H,11,13-15H2,(H,28,31)(H,29,34)(H,32,33)/t22?,23-/m0/s1. The number of aliphatic carboxylic acids is 1. The Bertz CT molecular complexity index is 1150. The van der Waals surface area contributed by atoms with Crippen LogP contribution in [-0.2, 0) is 20.7 Å². The molecule has 2 aromatic carbocycles. The molecular formula is C26H27N3O6. The molecule has 2 atom stereocenters. The summed E-state index contributed by atoms with van der Waals surface area (Å²) in [5.41, 5.74) is 5.13. The van der Waals surface area contributed by atoms with Crippen molar-refractivity contribution in [2.45, 2.75) is 30.9 Å². The van der Waals surface area contributed by atoms with E-state index >= 15 is 0 Å². The Hall–Kier alpha value is -4.11. The molecule has 3 aromatic rings. The summed E-state index contributed by atoms with van der Waals surface area (Å²) in [7, 11) is 0. The Morgan fingerprint density at radius 1 is 0.971 bits per heavy atom. The molecule has 2 amide bonds. The van der Waals surface area contributed by atoms with E-state index in [-0.39, 0.29) is 31.9 Å². The van der Waals surface area contributed by atoms with E-state index in [1.807, 2.05) is 48.5 Å². The van der Waals surface area contributed by atoms with E-state index in [4.69, 9.17) is 9.84 Å². The molecule has 1 heterocycles. The number of carboxylic acids is 1. The molecule has 0 saturated carbocycles. The first kappa shape index (κ1) is 24.0. The van der Waals surface area contributed by atoms with Gasteiger partial charge in [0.15, 0.2) is 6.10 Å². The number of aliphatic hydroxyl groups is 1. The van der Waals surface area contributed by atoms with Crippen molar-refractivity contribution in [2.75, 3.05) is 13.2 Å². The Morgan fingerprint density at radius 2 is 1.63 bits per heavy atom. The number of H-pyrrole nitrogens is 1. The maximum Gasteiger partial charge on any atom is 0.407 e. The van der Waals surface area contributed by atoms with Crippen LogP contribution in [0.1, 0.15) is 29.2 Å². The molecular weight excluding hydrogens is 450 g/mol. The number of amides is 2. The van der Waals surface area contributed by atoms with Crippen molar-refractivity contribution in [2.24, 2.45) is 0 Å². The van der Waals surface area contributed by atoms with E-state index in [2.05, 4.69) is 15.6 Å². The number of aromatic amines is 1. The molecule has 9 heteroatoms. The summed E-state index contributed by atoms with van der Waals surface area (Å²) >= 11 is 0. The molecule has 5 N–H and O–H groups in total. The van der Waals surface area contributed by atoms with Crippen LogP contribution in [-0.4, -0.2) is 58.5 Å². The number of carboxylic acid groups (broad SMARTS) is 1. The molecule has 0 radical (unpaired) electrons. The molecule has 35 heavy (non-hydrogen) atoms. The Balaban J connectivity index is 1.39. The largest absolute Gasteiger partial charge is 0.479 e. The lowest BCUT2D eigenvalue weighted by Crippen LogP contribution is -2.49. The number of fused-ring (bicyclic) bond motifs is 3. The van der Waals surface area contributed by atoms with Crippen LogP contribution < -0.4 is 10.6 Å². The van der Waals surface area contributed by atoms with E-state index in [9.17, 15) is 19.5 Å².